The molecule has 7 nitrogen and oxygen atoms in total. The van der Waals surface area contributed by atoms with E-state index in [0.29, 0.717) is 49.4 Å². The van der Waals surface area contributed by atoms with Crippen LogP contribution in [0.1, 0.15) is 61.4 Å². The lowest BCUT2D eigenvalue weighted by Crippen LogP contribution is -2.44. The molecule has 2 unspecified atom stereocenters. The van der Waals surface area contributed by atoms with Crippen molar-refractivity contribution < 1.29 is 23.9 Å². The molecule has 40 heavy (non-hydrogen) atoms. The van der Waals surface area contributed by atoms with Crippen molar-refractivity contribution in [3.8, 4) is 17.3 Å². The molecular weight excluding hydrogens is 576 g/mol. The fourth-order valence-corrected chi connectivity index (χ4v) is 8.10. The maximum atomic E-state index is 14.6. The Hall–Kier alpha value is -2.58. The monoisotopic (exact) mass is 601 g/mol. The third-order valence-electron chi connectivity index (χ3n) is 8.13. The summed E-state index contributed by atoms with van der Waals surface area (Å²) in [4.78, 5) is 4.51. The van der Waals surface area contributed by atoms with Gasteiger partial charge in [0.1, 0.15) is 27.4 Å². The maximum Gasteiger partial charge on any atom is 0.173 e. The van der Waals surface area contributed by atoms with Crippen molar-refractivity contribution in [3.05, 3.63) is 68.1 Å². The van der Waals surface area contributed by atoms with Gasteiger partial charge >= 0.3 is 0 Å². The Balaban J connectivity index is 1.26. The van der Waals surface area contributed by atoms with Crippen LogP contribution in [0.4, 0.5) is 4.39 Å². The van der Waals surface area contributed by atoms with E-state index in [-0.39, 0.29) is 41.4 Å². The van der Waals surface area contributed by atoms with Gasteiger partial charge in [0, 0.05) is 5.56 Å². The number of nitrogens with zero attached hydrogens (tertiary/aromatic N) is 3. The molecule has 4 aromatic rings. The molecule has 2 atom stereocenters. The molecule has 0 aliphatic heterocycles. The first kappa shape index (κ1) is 27.6. The van der Waals surface area contributed by atoms with Crippen molar-refractivity contribution in [2.75, 3.05) is 0 Å². The Kier molecular flexibility index (Phi) is 6.93. The zero-order valence-electron chi connectivity index (χ0n) is 21.7. The molecule has 2 saturated carbocycles. The zero-order chi connectivity index (χ0) is 28.4. The summed E-state index contributed by atoms with van der Waals surface area (Å²) >= 11 is 14.2. The number of hydrogen-bond acceptors (Lipinski definition) is 8. The van der Waals surface area contributed by atoms with Crippen LogP contribution in [-0.4, -0.2) is 26.5 Å². The molecule has 2 aliphatic carbocycles. The third-order valence-corrected chi connectivity index (χ3v) is 9.90. The average Bonchev–Trinajstić information content (AvgIpc) is 3.55. The average molecular weight is 603 g/mol. The number of ether oxygens (including phenoxy) is 1. The topological polar surface area (TPSA) is 112 Å². The highest BCUT2D eigenvalue weighted by atomic mass is 35.5. The Bertz CT molecular complexity index is 1620. The number of benzene rings is 2. The van der Waals surface area contributed by atoms with Gasteiger partial charge in [0.25, 0.3) is 0 Å². The zero-order valence-corrected chi connectivity index (χ0v) is 24.1. The predicted octanol–water partition coefficient (Wildman–Crippen LogP) is 7.09. The van der Waals surface area contributed by atoms with Gasteiger partial charge in [-0.05, 0) is 75.6 Å². The van der Waals surface area contributed by atoms with Crippen molar-refractivity contribution in [2.24, 2.45) is 11.8 Å². The van der Waals surface area contributed by atoms with E-state index < -0.39 is 17.0 Å². The van der Waals surface area contributed by atoms with Gasteiger partial charge in [0.05, 0.1) is 44.7 Å². The number of rotatable bonds is 6. The standard InChI is InChI=1S/C29H26Cl2FN3O4S/c1-28(2,36)26-18(24(35-39-26)23-19(30)4-3-5-20(23)31)13-38-17-10-15-6-7-16(11-17)29(15,37)27-34-25-21(32)8-14(12-33)9-22(25)40-27/h3-5,8-9,15-17,36-37H,6-7,10-11,13H2,1-2H3. The molecule has 0 radical (unpaired) electrons. The maximum absolute atomic E-state index is 14.6. The van der Waals surface area contributed by atoms with E-state index >= 15 is 0 Å². The summed E-state index contributed by atoms with van der Waals surface area (Å²) in [6, 6.07) is 9.91. The summed E-state index contributed by atoms with van der Waals surface area (Å²) in [7, 11) is 0. The number of hydrogen-bond donors (Lipinski definition) is 2. The minimum Gasteiger partial charge on any atom is -0.382 e. The molecule has 2 N–H and O–H groups in total. The van der Waals surface area contributed by atoms with Crippen LogP contribution in [0.3, 0.4) is 0 Å². The van der Waals surface area contributed by atoms with Crippen LogP contribution in [0.25, 0.3) is 21.5 Å². The highest BCUT2D eigenvalue weighted by Gasteiger charge is 2.56. The molecule has 0 amide bonds. The number of aliphatic hydroxyl groups is 2. The van der Waals surface area contributed by atoms with Crippen molar-refractivity contribution in [1.29, 1.82) is 5.26 Å². The van der Waals surface area contributed by atoms with Gasteiger partial charge in [0.2, 0.25) is 0 Å². The lowest BCUT2D eigenvalue weighted by atomic mass is 9.73. The van der Waals surface area contributed by atoms with Crippen LogP contribution in [0.5, 0.6) is 0 Å². The van der Waals surface area contributed by atoms with Gasteiger partial charge in [-0.1, -0.05) is 34.4 Å². The molecule has 2 fully saturated rings. The largest absolute Gasteiger partial charge is 0.382 e. The molecule has 2 aliphatic rings. The summed E-state index contributed by atoms with van der Waals surface area (Å²) in [5.41, 5.74) is -0.622. The highest BCUT2D eigenvalue weighted by molar-refractivity contribution is 7.18. The Morgan fingerprint density at radius 1 is 1.23 bits per heavy atom. The van der Waals surface area contributed by atoms with Crippen molar-refractivity contribution >= 4 is 44.8 Å². The van der Waals surface area contributed by atoms with Crippen molar-refractivity contribution in [1.82, 2.24) is 10.1 Å². The van der Waals surface area contributed by atoms with E-state index in [4.69, 9.17) is 32.5 Å². The van der Waals surface area contributed by atoms with Crippen LogP contribution in [0, 0.1) is 29.0 Å². The van der Waals surface area contributed by atoms with Crippen LogP contribution >= 0.6 is 34.5 Å². The molecule has 2 bridgehead atoms. The van der Waals surface area contributed by atoms with Gasteiger partial charge in [0.15, 0.2) is 11.6 Å². The molecule has 2 heterocycles. The van der Waals surface area contributed by atoms with Crippen LogP contribution < -0.4 is 0 Å². The van der Waals surface area contributed by atoms with Crippen molar-refractivity contribution in [3.63, 3.8) is 0 Å². The molecule has 208 valence electrons. The summed E-state index contributed by atoms with van der Waals surface area (Å²) in [5, 5.41) is 37.4. The first-order chi connectivity index (χ1) is 19.0. The quantitative estimate of drug-likeness (QED) is 0.242. The fourth-order valence-electron chi connectivity index (χ4n) is 6.26. The van der Waals surface area contributed by atoms with Crippen LogP contribution in [0.2, 0.25) is 10.0 Å². The number of halogens is 3. The van der Waals surface area contributed by atoms with Gasteiger partial charge in [-0.15, -0.1) is 11.3 Å². The summed E-state index contributed by atoms with van der Waals surface area (Å²) in [6.07, 6.45) is 2.59. The van der Waals surface area contributed by atoms with E-state index in [2.05, 4.69) is 10.1 Å². The number of aromatic nitrogens is 2. The number of nitriles is 1. The second-order valence-corrected chi connectivity index (χ2v) is 13.0. The molecule has 2 aromatic heterocycles. The number of thiazole rings is 1. The Morgan fingerprint density at radius 2 is 1.90 bits per heavy atom. The van der Waals surface area contributed by atoms with Crippen molar-refractivity contribution in [2.45, 2.75) is 63.4 Å². The molecular formula is C29H26Cl2FN3O4S. The first-order valence-corrected chi connectivity index (χ1v) is 14.6. The molecule has 11 heteroatoms. The smallest absolute Gasteiger partial charge is 0.173 e. The minimum absolute atomic E-state index is 0.103. The first-order valence-electron chi connectivity index (χ1n) is 13.0. The van der Waals surface area contributed by atoms with E-state index in [0.717, 1.165) is 12.8 Å². The highest BCUT2D eigenvalue weighted by Crippen LogP contribution is 2.57. The summed E-state index contributed by atoms with van der Waals surface area (Å²) in [6.45, 7) is 3.32. The lowest BCUT2D eigenvalue weighted by molar-refractivity contribution is -0.116. The van der Waals surface area contributed by atoms with E-state index in [1.807, 2.05) is 6.07 Å². The second kappa shape index (κ2) is 10.1. The molecule has 2 aromatic carbocycles. The SMILES string of the molecule is CC(C)(O)c1onc(-c2c(Cl)cccc2Cl)c1COC1CC2CCC(C1)C2(O)c1nc2c(F)cc(C#N)cc2s1. The predicted molar refractivity (Wildman–Crippen MR) is 149 cm³/mol. The van der Waals surface area contributed by atoms with E-state index in [1.165, 1.54) is 17.4 Å². The van der Waals surface area contributed by atoms with Crippen LogP contribution in [0.15, 0.2) is 34.9 Å². The van der Waals surface area contributed by atoms with Gasteiger partial charge < -0.3 is 19.5 Å². The van der Waals surface area contributed by atoms with Crippen LogP contribution in [-0.2, 0) is 22.5 Å². The normalized spacial score (nSPS) is 24.5. The minimum atomic E-state index is -1.32. The molecule has 0 saturated heterocycles. The Morgan fingerprint density at radius 3 is 2.52 bits per heavy atom. The number of fused-ring (bicyclic) bond motifs is 3. The fraction of sp³-hybridized carbons (Fsp3) is 0.414. The second-order valence-electron chi connectivity index (χ2n) is 11.1. The summed E-state index contributed by atoms with van der Waals surface area (Å²) in [5.74, 6) is -0.537. The van der Waals surface area contributed by atoms with Gasteiger partial charge in [-0.3, -0.25) is 0 Å². The Labute approximate surface area is 244 Å². The molecule has 6 rings (SSSR count). The lowest BCUT2D eigenvalue weighted by Gasteiger charge is -2.41. The van der Waals surface area contributed by atoms with E-state index in [1.54, 1.807) is 38.1 Å². The summed E-state index contributed by atoms with van der Waals surface area (Å²) < 4.78 is 27.1. The van der Waals surface area contributed by atoms with Gasteiger partial charge in [-0.25, -0.2) is 9.37 Å². The van der Waals surface area contributed by atoms with Gasteiger partial charge in [-0.2, -0.15) is 5.26 Å². The third kappa shape index (κ3) is 4.51. The van der Waals surface area contributed by atoms with E-state index in [9.17, 15) is 19.9 Å². The molecule has 0 spiro atoms.